The Hall–Kier alpha value is -2.78. The zero-order valence-corrected chi connectivity index (χ0v) is 17.5. The normalized spacial score (nSPS) is 11.4. The van der Waals surface area contributed by atoms with E-state index in [1.807, 2.05) is 19.2 Å². The van der Waals surface area contributed by atoms with E-state index >= 15 is 0 Å². The van der Waals surface area contributed by atoms with Crippen LogP contribution in [0.5, 0.6) is 0 Å². The summed E-state index contributed by atoms with van der Waals surface area (Å²) in [7, 11) is -3.92. The third-order valence-electron chi connectivity index (χ3n) is 4.00. The summed E-state index contributed by atoms with van der Waals surface area (Å²) >= 11 is 1.54. The number of nitrogens with zero attached hydrogens (tertiary/aromatic N) is 1. The number of halogens is 1. The van der Waals surface area contributed by atoms with E-state index in [1.54, 1.807) is 0 Å². The molecule has 0 spiro atoms. The Balaban J connectivity index is 1.70. The first-order valence-corrected chi connectivity index (χ1v) is 11.2. The third kappa shape index (κ3) is 5.39. The summed E-state index contributed by atoms with van der Waals surface area (Å²) in [5.41, 5.74) is 1.20. The van der Waals surface area contributed by atoms with Crippen LogP contribution < -0.4 is 10.0 Å². The van der Waals surface area contributed by atoms with E-state index in [0.717, 1.165) is 22.8 Å². The Kier molecular flexibility index (Phi) is 6.29. The maximum Gasteiger partial charge on any atom is 0.261 e. The van der Waals surface area contributed by atoms with Crippen LogP contribution in [0.2, 0.25) is 0 Å². The van der Waals surface area contributed by atoms with Gasteiger partial charge in [-0.1, -0.05) is 19.9 Å². The van der Waals surface area contributed by atoms with Crippen LogP contribution in [-0.4, -0.2) is 19.3 Å². The largest absolute Gasteiger partial charge is 0.346 e. The van der Waals surface area contributed by atoms with Crippen molar-refractivity contribution >= 4 is 33.0 Å². The van der Waals surface area contributed by atoms with Crippen LogP contribution >= 0.6 is 11.3 Å². The van der Waals surface area contributed by atoms with E-state index in [-0.39, 0.29) is 22.7 Å². The summed E-state index contributed by atoms with van der Waals surface area (Å²) in [5, 5.41) is 5.64. The van der Waals surface area contributed by atoms with Crippen molar-refractivity contribution < 1.29 is 17.6 Å². The maximum atomic E-state index is 13.0. The average molecular weight is 434 g/mol. The Morgan fingerprint density at radius 1 is 1.17 bits per heavy atom. The summed E-state index contributed by atoms with van der Waals surface area (Å²) < 4.78 is 40.5. The first kappa shape index (κ1) is 20.9. The second-order valence-corrected chi connectivity index (χ2v) is 9.23. The van der Waals surface area contributed by atoms with Gasteiger partial charge in [-0.05, 0) is 42.5 Å². The molecule has 9 heteroatoms. The van der Waals surface area contributed by atoms with Crippen molar-refractivity contribution in [3.05, 3.63) is 76.0 Å². The molecule has 2 N–H and O–H groups in total. The highest BCUT2D eigenvalue weighted by atomic mass is 32.2. The molecule has 0 saturated carbocycles. The van der Waals surface area contributed by atoms with E-state index in [9.17, 15) is 17.6 Å². The van der Waals surface area contributed by atoms with Crippen LogP contribution in [0.1, 0.15) is 40.8 Å². The van der Waals surface area contributed by atoms with E-state index in [0.29, 0.717) is 5.92 Å². The van der Waals surface area contributed by atoms with Crippen molar-refractivity contribution in [3.63, 3.8) is 0 Å². The molecule has 0 aliphatic rings. The molecule has 29 heavy (non-hydrogen) atoms. The highest BCUT2D eigenvalue weighted by Crippen LogP contribution is 2.20. The number of amides is 1. The molecule has 1 heterocycles. The molecule has 0 fully saturated rings. The van der Waals surface area contributed by atoms with Gasteiger partial charge in [0.1, 0.15) is 5.82 Å². The van der Waals surface area contributed by atoms with E-state index in [1.165, 1.54) is 47.7 Å². The second-order valence-electron chi connectivity index (χ2n) is 6.65. The number of aromatic nitrogens is 1. The van der Waals surface area contributed by atoms with Gasteiger partial charge in [0.2, 0.25) is 0 Å². The number of carbonyl (C=O) groups is 1. The van der Waals surface area contributed by atoms with Gasteiger partial charge >= 0.3 is 0 Å². The first-order valence-electron chi connectivity index (χ1n) is 8.85. The van der Waals surface area contributed by atoms with Gasteiger partial charge in [-0.3, -0.25) is 9.52 Å². The molecule has 0 atom stereocenters. The van der Waals surface area contributed by atoms with E-state index in [4.69, 9.17) is 0 Å². The predicted octanol–water partition coefficient (Wildman–Crippen LogP) is 4.14. The minimum Gasteiger partial charge on any atom is -0.346 e. The Morgan fingerprint density at radius 3 is 2.55 bits per heavy atom. The van der Waals surface area contributed by atoms with E-state index < -0.39 is 21.7 Å². The number of anilines is 1. The number of hydrogen-bond donors (Lipinski definition) is 2. The van der Waals surface area contributed by atoms with Crippen molar-refractivity contribution in [2.45, 2.75) is 31.2 Å². The van der Waals surface area contributed by atoms with Gasteiger partial charge in [0.25, 0.3) is 15.9 Å². The van der Waals surface area contributed by atoms with Crippen molar-refractivity contribution in [1.29, 1.82) is 0 Å². The van der Waals surface area contributed by atoms with Gasteiger partial charge < -0.3 is 5.32 Å². The van der Waals surface area contributed by atoms with Gasteiger partial charge in [0, 0.05) is 22.5 Å². The highest BCUT2D eigenvalue weighted by molar-refractivity contribution is 7.92. The molecule has 152 valence electrons. The van der Waals surface area contributed by atoms with Crippen molar-refractivity contribution in [3.8, 4) is 0 Å². The van der Waals surface area contributed by atoms with Gasteiger partial charge in [0.05, 0.1) is 22.1 Å². The summed E-state index contributed by atoms with van der Waals surface area (Å²) in [5.74, 6) is -0.546. The number of rotatable bonds is 7. The van der Waals surface area contributed by atoms with Crippen molar-refractivity contribution in [2.75, 3.05) is 4.72 Å². The standard InChI is InChI=1S/C20H20FN3O3S2/c1-13(2)20-23-17(12-28-20)11-22-19(25)14-4-3-5-18(10-14)29(26,27)24-16-8-6-15(21)7-9-16/h3-10,12-13,24H,11H2,1-2H3,(H,22,25). The molecule has 1 amide bonds. The van der Waals surface area contributed by atoms with Crippen LogP contribution in [0.15, 0.2) is 58.8 Å². The quantitative estimate of drug-likeness (QED) is 0.586. The lowest BCUT2D eigenvalue weighted by Crippen LogP contribution is -2.23. The number of benzene rings is 2. The van der Waals surface area contributed by atoms with Crippen LogP contribution in [0, 0.1) is 5.82 Å². The predicted molar refractivity (Wildman–Crippen MR) is 111 cm³/mol. The molecule has 0 unspecified atom stereocenters. The summed E-state index contributed by atoms with van der Waals surface area (Å²) in [6.07, 6.45) is 0. The molecule has 0 bridgehead atoms. The second kappa shape index (κ2) is 8.71. The van der Waals surface area contributed by atoms with Crippen molar-refractivity contribution in [2.24, 2.45) is 0 Å². The summed E-state index contributed by atoms with van der Waals surface area (Å²) in [4.78, 5) is 16.8. The molecule has 3 aromatic rings. The Morgan fingerprint density at radius 2 is 1.90 bits per heavy atom. The average Bonchev–Trinajstić information content (AvgIpc) is 3.17. The molecule has 3 rings (SSSR count). The SMILES string of the molecule is CC(C)c1nc(CNC(=O)c2cccc(S(=O)(=O)Nc3ccc(F)cc3)c2)cs1. The van der Waals surface area contributed by atoms with E-state index in [2.05, 4.69) is 15.0 Å². The molecule has 0 aliphatic heterocycles. The molecular weight excluding hydrogens is 413 g/mol. The molecule has 6 nitrogen and oxygen atoms in total. The molecule has 0 saturated heterocycles. The lowest BCUT2D eigenvalue weighted by molar-refractivity contribution is 0.0950. The Bertz CT molecular complexity index is 1110. The Labute approximate surface area is 172 Å². The monoisotopic (exact) mass is 433 g/mol. The maximum absolute atomic E-state index is 13.0. The molecule has 2 aromatic carbocycles. The minimum absolute atomic E-state index is 0.0646. The molecule has 0 radical (unpaired) electrons. The lowest BCUT2D eigenvalue weighted by Gasteiger charge is -2.10. The minimum atomic E-state index is -3.92. The smallest absolute Gasteiger partial charge is 0.261 e. The van der Waals surface area contributed by atoms with Gasteiger partial charge in [-0.25, -0.2) is 17.8 Å². The first-order chi connectivity index (χ1) is 13.7. The van der Waals surface area contributed by atoms with Crippen molar-refractivity contribution in [1.82, 2.24) is 10.3 Å². The molecule has 1 aromatic heterocycles. The number of thiazole rings is 1. The molecule has 0 aliphatic carbocycles. The number of hydrogen-bond acceptors (Lipinski definition) is 5. The van der Waals surface area contributed by atoms with Crippen LogP contribution in [0.3, 0.4) is 0 Å². The number of sulfonamides is 1. The zero-order chi connectivity index (χ0) is 21.0. The number of nitrogens with one attached hydrogen (secondary N) is 2. The van der Waals surface area contributed by atoms with Crippen LogP contribution in [0.25, 0.3) is 0 Å². The van der Waals surface area contributed by atoms with Crippen LogP contribution in [-0.2, 0) is 16.6 Å². The zero-order valence-electron chi connectivity index (χ0n) is 15.8. The van der Waals surface area contributed by atoms with Gasteiger partial charge in [0.15, 0.2) is 0 Å². The lowest BCUT2D eigenvalue weighted by atomic mass is 10.2. The van der Waals surface area contributed by atoms with Gasteiger partial charge in [-0.2, -0.15) is 0 Å². The number of carbonyl (C=O) groups excluding carboxylic acids is 1. The molecular formula is C20H20FN3O3S2. The third-order valence-corrected chi connectivity index (χ3v) is 6.57. The van der Waals surface area contributed by atoms with Gasteiger partial charge in [-0.15, -0.1) is 11.3 Å². The van der Waals surface area contributed by atoms with Crippen LogP contribution in [0.4, 0.5) is 10.1 Å². The topological polar surface area (TPSA) is 88.2 Å². The summed E-state index contributed by atoms with van der Waals surface area (Å²) in [6.45, 7) is 4.35. The fourth-order valence-electron chi connectivity index (χ4n) is 2.48. The summed E-state index contributed by atoms with van der Waals surface area (Å²) in [6, 6.07) is 10.7. The fraction of sp³-hybridized carbons (Fsp3) is 0.200. The fourth-order valence-corrected chi connectivity index (χ4v) is 4.42. The highest BCUT2D eigenvalue weighted by Gasteiger charge is 2.17.